The molecule has 0 rings (SSSR count). The van der Waals surface area contributed by atoms with E-state index in [9.17, 15) is 0 Å². The third kappa shape index (κ3) is 23.3. The fourth-order valence-corrected chi connectivity index (χ4v) is 25.9. The highest BCUT2D eigenvalue weighted by Crippen LogP contribution is 2.57. The highest BCUT2D eigenvalue weighted by Gasteiger charge is 2.74. The maximum absolute atomic E-state index is 15.6. The molecule has 0 spiro atoms. The molecule has 0 aliphatic heterocycles. The summed E-state index contributed by atoms with van der Waals surface area (Å²) in [6.45, 7) is 62.2. The van der Waals surface area contributed by atoms with E-state index in [0.717, 1.165) is 0 Å². The molecule has 0 saturated heterocycles. The van der Waals surface area contributed by atoms with Gasteiger partial charge in [-0.3, -0.25) is 0 Å². The average Bonchev–Trinajstić information content (AvgIpc) is 3.41. The third-order valence-electron chi connectivity index (χ3n) is 17.1. The Hall–Kier alpha value is 0.417. The molecule has 89 heavy (non-hydrogen) atoms. The summed E-state index contributed by atoms with van der Waals surface area (Å²) >= 11 is 0. The van der Waals surface area contributed by atoms with Gasteiger partial charge in [-0.05, 0) is 31.1 Å². The van der Waals surface area contributed by atoms with Gasteiger partial charge in [0.05, 0.1) is 50.0 Å². The van der Waals surface area contributed by atoms with Gasteiger partial charge in [0.15, 0.2) is 0 Å². The molecule has 0 unspecified atom stereocenters. The maximum atomic E-state index is 15.6. The first-order valence-electron chi connectivity index (χ1n) is 33.4. The Kier molecular flexibility index (Phi) is 43.8. The first-order chi connectivity index (χ1) is 40.3. The molecule has 0 aliphatic rings. The topological polar surface area (TPSA) is 131 Å². The quantitative estimate of drug-likeness (QED) is 0.0253. The highest BCUT2D eigenvalue weighted by atomic mass is 32.4. The summed E-state index contributed by atoms with van der Waals surface area (Å²) < 4.78 is 125. The monoisotopic (exact) mass is 1400 g/mol. The molecule has 0 aliphatic carbocycles. The molecule has 0 aromatic carbocycles. The second-order valence-corrected chi connectivity index (χ2v) is 39.8. The van der Waals surface area contributed by atoms with Crippen LogP contribution in [0.3, 0.4) is 0 Å². The summed E-state index contributed by atoms with van der Waals surface area (Å²) in [4.78, 5) is 57.7. The smallest absolute Gasteiger partial charge is 0.295 e. The minimum atomic E-state index is -5.61. The molecule has 0 aromatic rings. The van der Waals surface area contributed by atoms with Crippen LogP contribution in [0.25, 0.3) is 0 Å². The molecular weight excluding hydrogens is 1260 g/mol. The minimum Gasteiger partial charge on any atom is -0.894 e. The highest BCUT2D eigenvalue weighted by molar-refractivity contribution is 8.23. The second-order valence-electron chi connectivity index (χ2n) is 23.4. The molecule has 0 saturated carbocycles. The van der Waals surface area contributed by atoms with Gasteiger partial charge >= 0.3 is 0 Å². The lowest BCUT2D eigenvalue weighted by atomic mass is 10.3. The van der Waals surface area contributed by atoms with Gasteiger partial charge in [-0.2, -0.15) is 0 Å². The fourth-order valence-electron chi connectivity index (χ4n) is 14.3. The van der Waals surface area contributed by atoms with E-state index >= 15 is 31.1 Å². The maximum Gasteiger partial charge on any atom is 0.295 e. The van der Waals surface area contributed by atoms with Crippen LogP contribution in [0.1, 0.15) is 166 Å². The number of hydrogen-bond acceptors (Lipinski definition) is 16. The molecule has 0 fully saturated rings. The van der Waals surface area contributed by atoms with E-state index in [1.807, 2.05) is 225 Å². The van der Waals surface area contributed by atoms with Crippen LogP contribution in [-0.2, 0) is 39.7 Å². The zero-order valence-corrected chi connectivity index (χ0v) is 67.4. The SMILES string of the molecule is CCN(CC)C(N(CC)CC)(N(CC)CC)[S+](C)(C)(F)F.CCN(CC)C(N(CC)CC)(N(CC)CC)[S+](C)(C)(F)F.CCN(CC)C(N(CC)CC)(N(CC)CC)[S+](C)(C)(F)F.CCN(CC)C(N(CC)CC)(N(CC)CC)[S+](C)(C)(F)F.[O-][Si]([O-])([O-])[O-]. The predicted octanol–water partition coefficient (Wildman–Crippen LogP) is 8.23. The molecule has 0 N–H and O–H groups in total. The Morgan fingerprint density at radius 1 is 0.191 bits per heavy atom. The molecular formula is C60H144F8N12O4S4Si. The molecule has 0 amide bonds. The Labute approximate surface area is 548 Å². The largest absolute Gasteiger partial charge is 0.894 e. The first-order valence-corrected chi connectivity index (χ1v) is 45.6. The summed E-state index contributed by atoms with van der Waals surface area (Å²) in [5.74, 6) is 0. The number of halogens is 8. The number of hydrogen-bond donors (Lipinski definition) is 0. The average molecular weight is 1410 g/mol. The molecule has 0 aromatic heterocycles. The Bertz CT molecular complexity index is 1430. The van der Waals surface area contributed by atoms with E-state index in [1.165, 1.54) is 50.0 Å². The first kappa shape index (κ1) is 98.1. The van der Waals surface area contributed by atoms with Crippen LogP contribution in [0, 0.1) is 0 Å². The molecule has 16 nitrogen and oxygen atoms in total. The van der Waals surface area contributed by atoms with Crippen molar-refractivity contribution in [3.63, 3.8) is 0 Å². The molecule has 29 heteroatoms. The van der Waals surface area contributed by atoms with Gasteiger partial charge in [0.2, 0.25) is 0 Å². The van der Waals surface area contributed by atoms with Crippen LogP contribution in [0.5, 0.6) is 0 Å². The summed E-state index contributed by atoms with van der Waals surface area (Å²) in [6, 6.07) is 0. The van der Waals surface area contributed by atoms with Crippen molar-refractivity contribution in [2.24, 2.45) is 0 Å². The van der Waals surface area contributed by atoms with E-state index in [1.54, 1.807) is 0 Å². The molecule has 552 valence electrons. The van der Waals surface area contributed by atoms with Gasteiger partial charge in [0.1, 0.15) is 39.7 Å². The summed E-state index contributed by atoms with van der Waals surface area (Å²) in [5.41, 5.74) is 0. The van der Waals surface area contributed by atoms with Crippen molar-refractivity contribution in [3.05, 3.63) is 0 Å². The number of nitrogens with zero attached hydrogens (tertiary/aromatic N) is 12. The van der Waals surface area contributed by atoms with Crippen molar-refractivity contribution in [2.45, 2.75) is 187 Å². The van der Waals surface area contributed by atoms with Crippen molar-refractivity contribution in [3.8, 4) is 0 Å². The van der Waals surface area contributed by atoms with Crippen molar-refractivity contribution >= 4 is 48.8 Å². The lowest BCUT2D eigenvalue weighted by molar-refractivity contribution is -0.624. The van der Waals surface area contributed by atoms with Crippen LogP contribution < -0.4 is 19.2 Å². The minimum absolute atomic E-state index is 0.616. The molecule has 0 bridgehead atoms. The summed E-state index contributed by atoms with van der Waals surface area (Å²) in [7, 11) is -24.3. The standard InChI is InChI=1S/4C15H36F2N3S.O4Si/c4*1-9-18(10-2)15(19(11-3)12-4,20(13-5)14-6)21(7,8,16)17;1-5(2,3)4/h4*9-14H2,1-8H3;/q4*+1;-4. The third-order valence-corrected chi connectivity index (χ3v) is 26.3. The van der Waals surface area contributed by atoms with Crippen LogP contribution in [-0.4, -0.2) is 295 Å². The Morgan fingerprint density at radius 2 is 0.236 bits per heavy atom. The number of rotatable bonds is 40. The van der Waals surface area contributed by atoms with E-state index < -0.39 is 69.3 Å². The van der Waals surface area contributed by atoms with Crippen LogP contribution in [0.4, 0.5) is 31.1 Å². The molecule has 0 radical (unpaired) electrons. The predicted molar refractivity (Wildman–Crippen MR) is 377 cm³/mol. The summed E-state index contributed by atoms with van der Waals surface area (Å²) in [5, 5.41) is -5.19. The second kappa shape index (κ2) is 39.7. The lowest BCUT2D eigenvalue weighted by Gasteiger charge is -2.67. The van der Waals surface area contributed by atoms with E-state index in [0.29, 0.717) is 157 Å². The zero-order valence-electron chi connectivity index (χ0n) is 63.1. The zero-order chi connectivity index (χ0) is 72.2. The van der Waals surface area contributed by atoms with Crippen LogP contribution in [0.2, 0.25) is 0 Å². The van der Waals surface area contributed by atoms with E-state index in [-0.39, 0.29) is 0 Å². The fraction of sp³-hybridized carbons (Fsp3) is 1.00. The van der Waals surface area contributed by atoms with Crippen molar-refractivity contribution in [1.82, 2.24) is 58.8 Å². The van der Waals surface area contributed by atoms with Gasteiger partial charge in [-0.1, -0.05) is 166 Å². The van der Waals surface area contributed by atoms with Gasteiger partial charge in [-0.25, -0.2) is 58.8 Å². The van der Waals surface area contributed by atoms with Gasteiger partial charge in [0.25, 0.3) is 20.5 Å². The Morgan fingerprint density at radius 3 is 0.258 bits per heavy atom. The van der Waals surface area contributed by atoms with Crippen molar-refractivity contribution < 1.29 is 50.3 Å². The van der Waals surface area contributed by atoms with Gasteiger partial charge in [0, 0.05) is 157 Å². The van der Waals surface area contributed by atoms with E-state index in [2.05, 4.69) is 0 Å². The van der Waals surface area contributed by atoms with Crippen molar-refractivity contribution in [2.75, 3.05) is 207 Å². The Balaban J connectivity index is -0.000000343. The summed E-state index contributed by atoms with van der Waals surface area (Å²) in [6.07, 6.45) is 9.49. The molecule has 0 atom stereocenters. The normalized spacial score (nSPS) is 15.6. The van der Waals surface area contributed by atoms with Gasteiger partial charge in [-0.15, -0.1) is 0 Å². The van der Waals surface area contributed by atoms with E-state index in [4.69, 9.17) is 19.2 Å². The van der Waals surface area contributed by atoms with Crippen LogP contribution >= 0.6 is 0 Å². The van der Waals surface area contributed by atoms with Gasteiger partial charge < -0.3 is 28.2 Å². The van der Waals surface area contributed by atoms with Crippen molar-refractivity contribution in [1.29, 1.82) is 0 Å². The lowest BCUT2D eigenvalue weighted by Crippen LogP contribution is -2.82. The molecule has 0 heterocycles. The van der Waals surface area contributed by atoms with Crippen LogP contribution in [0.15, 0.2) is 0 Å².